The molecule has 3 nitrogen and oxygen atoms in total. The summed E-state index contributed by atoms with van der Waals surface area (Å²) < 4.78 is 1.15. The molecule has 1 aromatic rings. The number of hydrogen-bond acceptors (Lipinski definition) is 1. The summed E-state index contributed by atoms with van der Waals surface area (Å²) in [5.74, 6) is 0.874. The summed E-state index contributed by atoms with van der Waals surface area (Å²) >= 11 is 3.56. The normalized spacial score (nSPS) is 17.8. The Bertz CT molecular complexity index is 499. The minimum Gasteiger partial charge on any atom is -0.356 e. The molecule has 0 saturated heterocycles. The van der Waals surface area contributed by atoms with Gasteiger partial charge in [-0.25, -0.2) is 0 Å². The molecule has 2 N–H and O–H groups in total. The minimum atomic E-state index is 0.0222. The van der Waals surface area contributed by atoms with Gasteiger partial charge in [0.15, 0.2) is 5.96 Å². The topological polar surface area (TPSA) is 36.4 Å². The molecule has 0 spiro atoms. The Balaban J connectivity index is 2.00. The Morgan fingerprint density at radius 2 is 2.05 bits per heavy atom. The molecule has 1 aliphatic rings. The molecule has 0 bridgehead atoms. The van der Waals surface area contributed by atoms with Crippen molar-refractivity contribution in [1.82, 2.24) is 10.6 Å². The molecule has 0 heterocycles. The summed E-state index contributed by atoms with van der Waals surface area (Å²) in [6, 6.07) is 8.64. The van der Waals surface area contributed by atoms with E-state index in [0.717, 1.165) is 17.0 Å². The van der Waals surface area contributed by atoms with Crippen molar-refractivity contribution in [3.05, 3.63) is 34.3 Å². The Kier molecular flexibility index (Phi) is 4.43. The van der Waals surface area contributed by atoms with Crippen LogP contribution in [0.2, 0.25) is 0 Å². The number of nitrogens with zero attached hydrogens (tertiary/aromatic N) is 1. The largest absolute Gasteiger partial charge is 0.356 e. The molecule has 20 heavy (non-hydrogen) atoms. The molecule has 1 saturated carbocycles. The maximum atomic E-state index is 4.30. The van der Waals surface area contributed by atoms with Gasteiger partial charge in [0.2, 0.25) is 0 Å². The van der Waals surface area contributed by atoms with Crippen molar-refractivity contribution in [3.8, 4) is 0 Å². The Hall–Kier alpha value is -1.03. The number of guanidine groups is 1. The van der Waals surface area contributed by atoms with E-state index in [4.69, 9.17) is 0 Å². The smallest absolute Gasteiger partial charge is 0.191 e. The van der Waals surface area contributed by atoms with Gasteiger partial charge in [-0.15, -0.1) is 0 Å². The number of aliphatic imine (C=N–C) groups is 1. The second-order valence-corrected chi connectivity index (χ2v) is 7.51. The molecule has 0 unspecified atom stereocenters. The zero-order chi connectivity index (χ0) is 14.8. The van der Waals surface area contributed by atoms with Crippen LogP contribution in [-0.4, -0.2) is 25.1 Å². The van der Waals surface area contributed by atoms with E-state index in [1.165, 1.54) is 18.4 Å². The van der Waals surface area contributed by atoms with E-state index in [2.05, 4.69) is 76.6 Å². The van der Waals surface area contributed by atoms with Gasteiger partial charge in [-0.1, -0.05) is 28.1 Å². The molecule has 0 aromatic heterocycles. The highest BCUT2D eigenvalue weighted by Gasteiger charge is 2.44. The lowest BCUT2D eigenvalue weighted by Crippen LogP contribution is -2.49. The third-order valence-corrected chi connectivity index (χ3v) is 4.10. The summed E-state index contributed by atoms with van der Waals surface area (Å²) in [4.78, 5) is 4.30. The molecule has 1 aliphatic carbocycles. The molecule has 2 rings (SSSR count). The van der Waals surface area contributed by atoms with Crippen molar-refractivity contribution >= 4 is 21.9 Å². The van der Waals surface area contributed by atoms with Gasteiger partial charge < -0.3 is 10.6 Å². The van der Waals surface area contributed by atoms with Crippen LogP contribution in [0.15, 0.2) is 33.7 Å². The van der Waals surface area contributed by atoms with Gasteiger partial charge in [-0.3, -0.25) is 4.99 Å². The van der Waals surface area contributed by atoms with Crippen LogP contribution in [0, 0.1) is 0 Å². The van der Waals surface area contributed by atoms with E-state index < -0.39 is 0 Å². The van der Waals surface area contributed by atoms with Crippen LogP contribution in [0.5, 0.6) is 0 Å². The number of nitrogens with one attached hydrogen (secondary N) is 2. The Morgan fingerprint density at radius 1 is 1.35 bits per heavy atom. The van der Waals surface area contributed by atoms with Gasteiger partial charge in [-0.2, -0.15) is 0 Å². The maximum absolute atomic E-state index is 4.30. The quantitative estimate of drug-likeness (QED) is 0.654. The van der Waals surface area contributed by atoms with Crippen LogP contribution in [0.1, 0.15) is 39.2 Å². The summed E-state index contributed by atoms with van der Waals surface area (Å²) in [6.45, 7) is 7.35. The first-order chi connectivity index (χ1) is 9.35. The van der Waals surface area contributed by atoms with E-state index >= 15 is 0 Å². The lowest BCUT2D eigenvalue weighted by molar-refractivity contribution is 0.497. The molecular weight excluding hydrogens is 314 g/mol. The van der Waals surface area contributed by atoms with Gasteiger partial charge in [-0.05, 0) is 51.3 Å². The van der Waals surface area contributed by atoms with Gasteiger partial charge >= 0.3 is 0 Å². The van der Waals surface area contributed by atoms with Gasteiger partial charge in [0.05, 0.1) is 0 Å². The Labute approximate surface area is 130 Å². The van der Waals surface area contributed by atoms with E-state index in [9.17, 15) is 0 Å². The molecule has 0 amide bonds. The minimum absolute atomic E-state index is 0.0222. The number of halogens is 1. The first-order valence-corrected chi connectivity index (χ1v) is 7.89. The average molecular weight is 338 g/mol. The second kappa shape index (κ2) is 5.76. The van der Waals surface area contributed by atoms with Crippen LogP contribution < -0.4 is 10.6 Å². The predicted octanol–water partition coefficient (Wildman–Crippen LogP) is 3.44. The van der Waals surface area contributed by atoms with E-state index in [1.807, 2.05) is 7.05 Å². The first kappa shape index (κ1) is 15.4. The summed E-state index contributed by atoms with van der Waals surface area (Å²) in [5.41, 5.74) is 1.71. The molecule has 0 aliphatic heterocycles. The fourth-order valence-electron chi connectivity index (χ4n) is 2.32. The fraction of sp³-hybridized carbons (Fsp3) is 0.562. The standard InChI is InChI=1S/C16H24BrN3/c1-15(2,3)20-14(18-4)19-11-16(8-9-16)12-6-5-7-13(17)10-12/h5-7,10H,8-9,11H2,1-4H3,(H2,18,19,20). The fourth-order valence-corrected chi connectivity index (χ4v) is 2.72. The lowest BCUT2D eigenvalue weighted by Gasteiger charge is -2.25. The first-order valence-electron chi connectivity index (χ1n) is 7.10. The molecule has 1 fully saturated rings. The molecule has 110 valence electrons. The highest BCUT2D eigenvalue weighted by atomic mass is 79.9. The lowest BCUT2D eigenvalue weighted by atomic mass is 9.96. The molecule has 4 heteroatoms. The van der Waals surface area contributed by atoms with Gasteiger partial charge in [0.1, 0.15) is 0 Å². The van der Waals surface area contributed by atoms with E-state index in [1.54, 1.807) is 0 Å². The van der Waals surface area contributed by atoms with Gasteiger partial charge in [0, 0.05) is 29.0 Å². The summed E-state index contributed by atoms with van der Waals surface area (Å²) in [5, 5.41) is 6.87. The van der Waals surface area contributed by atoms with Crippen LogP contribution in [0.25, 0.3) is 0 Å². The Morgan fingerprint density at radius 3 is 2.55 bits per heavy atom. The number of hydrogen-bond donors (Lipinski definition) is 2. The monoisotopic (exact) mass is 337 g/mol. The SMILES string of the molecule is CN=C(NCC1(c2cccc(Br)c2)CC1)NC(C)(C)C. The van der Waals surface area contributed by atoms with Crippen molar-refractivity contribution in [2.45, 2.75) is 44.6 Å². The third kappa shape index (κ3) is 3.98. The molecular formula is C16H24BrN3. The van der Waals surface area contributed by atoms with Gasteiger partial charge in [0.25, 0.3) is 0 Å². The van der Waals surface area contributed by atoms with Crippen molar-refractivity contribution in [3.63, 3.8) is 0 Å². The average Bonchev–Trinajstić information content (AvgIpc) is 3.14. The van der Waals surface area contributed by atoms with E-state index in [0.29, 0.717) is 0 Å². The zero-order valence-corrected chi connectivity index (χ0v) is 14.3. The summed E-state index contributed by atoms with van der Waals surface area (Å²) in [6.07, 6.45) is 2.48. The van der Waals surface area contributed by atoms with Crippen LogP contribution in [0.4, 0.5) is 0 Å². The van der Waals surface area contributed by atoms with Crippen LogP contribution in [0.3, 0.4) is 0 Å². The van der Waals surface area contributed by atoms with Crippen molar-refractivity contribution in [2.75, 3.05) is 13.6 Å². The highest BCUT2D eigenvalue weighted by molar-refractivity contribution is 9.10. The van der Waals surface area contributed by atoms with Crippen LogP contribution >= 0.6 is 15.9 Å². The van der Waals surface area contributed by atoms with Crippen molar-refractivity contribution < 1.29 is 0 Å². The molecule has 0 radical (unpaired) electrons. The highest BCUT2D eigenvalue weighted by Crippen LogP contribution is 2.48. The zero-order valence-electron chi connectivity index (χ0n) is 12.8. The van der Waals surface area contributed by atoms with Crippen molar-refractivity contribution in [1.29, 1.82) is 0 Å². The summed E-state index contributed by atoms with van der Waals surface area (Å²) in [7, 11) is 1.82. The van der Waals surface area contributed by atoms with Crippen LogP contribution in [-0.2, 0) is 5.41 Å². The van der Waals surface area contributed by atoms with E-state index in [-0.39, 0.29) is 11.0 Å². The third-order valence-electron chi connectivity index (χ3n) is 3.60. The number of benzene rings is 1. The maximum Gasteiger partial charge on any atom is 0.191 e. The molecule has 0 atom stereocenters. The number of rotatable bonds is 3. The second-order valence-electron chi connectivity index (χ2n) is 6.59. The molecule has 1 aromatic carbocycles. The van der Waals surface area contributed by atoms with Crippen molar-refractivity contribution in [2.24, 2.45) is 4.99 Å². The predicted molar refractivity (Wildman–Crippen MR) is 89.3 cm³/mol.